The van der Waals surface area contributed by atoms with Crippen molar-refractivity contribution in [3.8, 4) is 0 Å². The fourth-order valence-corrected chi connectivity index (χ4v) is 2.40. The fraction of sp³-hybridized carbons (Fsp3) is 0.0588. The lowest BCUT2D eigenvalue weighted by molar-refractivity contribution is 0.0691. The SMILES string of the molecule is O=C(O)c1cccc(Cc2ccnc3ccccc23)c1F. The second-order valence-electron chi connectivity index (χ2n) is 4.75. The van der Waals surface area contributed by atoms with E-state index in [-0.39, 0.29) is 5.56 Å². The summed E-state index contributed by atoms with van der Waals surface area (Å²) in [6.45, 7) is 0. The molecule has 0 saturated heterocycles. The molecule has 0 aliphatic heterocycles. The molecule has 4 heteroatoms. The Labute approximate surface area is 120 Å². The monoisotopic (exact) mass is 281 g/mol. The predicted molar refractivity (Wildman–Crippen MR) is 77.9 cm³/mol. The smallest absolute Gasteiger partial charge is 0.338 e. The molecule has 0 saturated carbocycles. The van der Waals surface area contributed by atoms with E-state index in [0.717, 1.165) is 16.5 Å². The number of halogens is 1. The topological polar surface area (TPSA) is 50.2 Å². The van der Waals surface area contributed by atoms with Crippen LogP contribution in [0.15, 0.2) is 54.7 Å². The van der Waals surface area contributed by atoms with E-state index in [1.165, 1.54) is 6.07 Å². The molecule has 3 aromatic rings. The van der Waals surface area contributed by atoms with Gasteiger partial charge in [-0.2, -0.15) is 0 Å². The molecule has 3 rings (SSSR count). The number of nitrogens with zero attached hydrogens (tertiary/aromatic N) is 1. The molecule has 0 bridgehead atoms. The third-order valence-electron chi connectivity index (χ3n) is 3.43. The standard InChI is InChI=1S/C17H12FNO2/c18-16-12(4-3-6-14(16)17(20)21)10-11-8-9-19-15-7-2-1-5-13(11)15/h1-9H,10H2,(H,20,21). The second-order valence-corrected chi connectivity index (χ2v) is 4.75. The maximum Gasteiger partial charge on any atom is 0.338 e. The average molecular weight is 281 g/mol. The van der Waals surface area contributed by atoms with Crippen LogP contribution in [0.2, 0.25) is 0 Å². The first kappa shape index (κ1) is 13.2. The first-order valence-corrected chi connectivity index (χ1v) is 6.50. The van der Waals surface area contributed by atoms with Crippen LogP contribution in [0, 0.1) is 5.82 Å². The van der Waals surface area contributed by atoms with Crippen molar-refractivity contribution >= 4 is 16.9 Å². The molecule has 0 spiro atoms. The maximum absolute atomic E-state index is 14.2. The Morgan fingerprint density at radius 1 is 1.05 bits per heavy atom. The Balaban J connectivity index is 2.07. The van der Waals surface area contributed by atoms with Crippen LogP contribution in [-0.4, -0.2) is 16.1 Å². The van der Waals surface area contributed by atoms with Gasteiger partial charge in [0.1, 0.15) is 5.82 Å². The van der Waals surface area contributed by atoms with Crippen LogP contribution in [0.4, 0.5) is 4.39 Å². The van der Waals surface area contributed by atoms with Gasteiger partial charge in [0.05, 0.1) is 11.1 Å². The Hall–Kier alpha value is -2.75. The molecule has 2 aromatic carbocycles. The van der Waals surface area contributed by atoms with Crippen molar-refractivity contribution < 1.29 is 14.3 Å². The van der Waals surface area contributed by atoms with Crippen LogP contribution in [-0.2, 0) is 6.42 Å². The fourth-order valence-electron chi connectivity index (χ4n) is 2.40. The van der Waals surface area contributed by atoms with Crippen molar-refractivity contribution in [2.24, 2.45) is 0 Å². The van der Waals surface area contributed by atoms with Gasteiger partial charge in [-0.05, 0) is 29.3 Å². The van der Waals surface area contributed by atoms with E-state index in [9.17, 15) is 9.18 Å². The second kappa shape index (κ2) is 5.32. The van der Waals surface area contributed by atoms with Gasteiger partial charge in [-0.3, -0.25) is 4.98 Å². The van der Waals surface area contributed by atoms with Crippen LogP contribution in [0.25, 0.3) is 10.9 Å². The highest BCUT2D eigenvalue weighted by Gasteiger charge is 2.14. The van der Waals surface area contributed by atoms with Crippen LogP contribution in [0.1, 0.15) is 21.5 Å². The zero-order chi connectivity index (χ0) is 14.8. The van der Waals surface area contributed by atoms with E-state index in [4.69, 9.17) is 5.11 Å². The van der Waals surface area contributed by atoms with E-state index in [1.54, 1.807) is 18.3 Å². The largest absolute Gasteiger partial charge is 0.478 e. The van der Waals surface area contributed by atoms with Crippen molar-refractivity contribution in [3.05, 3.63) is 77.2 Å². The summed E-state index contributed by atoms with van der Waals surface area (Å²) in [5, 5.41) is 9.92. The van der Waals surface area contributed by atoms with Gasteiger partial charge in [-0.15, -0.1) is 0 Å². The van der Waals surface area contributed by atoms with Crippen molar-refractivity contribution in [2.45, 2.75) is 6.42 Å². The summed E-state index contributed by atoms with van der Waals surface area (Å²) in [5.74, 6) is -1.93. The number of carboxylic acid groups (broad SMARTS) is 1. The summed E-state index contributed by atoms with van der Waals surface area (Å²) < 4.78 is 14.2. The van der Waals surface area contributed by atoms with E-state index >= 15 is 0 Å². The first-order chi connectivity index (χ1) is 10.2. The maximum atomic E-state index is 14.2. The molecule has 0 atom stereocenters. The number of aromatic nitrogens is 1. The lowest BCUT2D eigenvalue weighted by atomic mass is 9.99. The number of hydrogen-bond acceptors (Lipinski definition) is 2. The minimum absolute atomic E-state index is 0.300. The lowest BCUT2D eigenvalue weighted by Crippen LogP contribution is -2.04. The van der Waals surface area contributed by atoms with Gasteiger partial charge in [-0.25, -0.2) is 9.18 Å². The summed E-state index contributed by atoms with van der Waals surface area (Å²) in [4.78, 5) is 15.3. The molecular weight excluding hydrogens is 269 g/mol. The number of carboxylic acids is 1. The zero-order valence-electron chi connectivity index (χ0n) is 11.1. The number of benzene rings is 2. The molecule has 1 N–H and O–H groups in total. The quantitative estimate of drug-likeness (QED) is 0.797. The zero-order valence-corrected chi connectivity index (χ0v) is 11.1. The Morgan fingerprint density at radius 2 is 1.86 bits per heavy atom. The summed E-state index contributed by atoms with van der Waals surface area (Å²) in [5.41, 5.74) is 1.82. The normalized spacial score (nSPS) is 10.7. The van der Waals surface area contributed by atoms with Crippen LogP contribution in [0.5, 0.6) is 0 Å². The first-order valence-electron chi connectivity index (χ1n) is 6.50. The minimum atomic E-state index is -1.26. The Bertz CT molecular complexity index is 825. The van der Waals surface area contributed by atoms with Crippen molar-refractivity contribution in [1.82, 2.24) is 4.98 Å². The lowest BCUT2D eigenvalue weighted by Gasteiger charge is -2.08. The van der Waals surface area contributed by atoms with Gasteiger partial charge in [0, 0.05) is 18.0 Å². The number of aromatic carboxylic acids is 1. The van der Waals surface area contributed by atoms with Crippen LogP contribution in [0.3, 0.4) is 0 Å². The van der Waals surface area contributed by atoms with Gasteiger partial charge < -0.3 is 5.11 Å². The molecule has 21 heavy (non-hydrogen) atoms. The molecule has 3 nitrogen and oxygen atoms in total. The average Bonchev–Trinajstić information content (AvgIpc) is 2.49. The summed E-state index contributed by atoms with van der Waals surface area (Å²) >= 11 is 0. The molecule has 1 aromatic heterocycles. The number of carbonyl (C=O) groups is 1. The van der Waals surface area contributed by atoms with Gasteiger partial charge in [0.25, 0.3) is 0 Å². The Morgan fingerprint density at radius 3 is 2.67 bits per heavy atom. The molecular formula is C17H12FNO2. The van der Waals surface area contributed by atoms with Gasteiger partial charge in [0.15, 0.2) is 0 Å². The van der Waals surface area contributed by atoms with Gasteiger partial charge in [-0.1, -0.05) is 30.3 Å². The molecule has 0 radical (unpaired) electrons. The third kappa shape index (κ3) is 2.48. The van der Waals surface area contributed by atoms with Crippen LogP contribution < -0.4 is 0 Å². The summed E-state index contributed by atoms with van der Waals surface area (Å²) in [6, 6.07) is 13.9. The minimum Gasteiger partial charge on any atom is -0.478 e. The molecule has 0 aliphatic rings. The number of para-hydroxylation sites is 1. The Kier molecular flexibility index (Phi) is 3.36. The van der Waals surface area contributed by atoms with Gasteiger partial charge >= 0.3 is 5.97 Å². The van der Waals surface area contributed by atoms with Crippen LogP contribution >= 0.6 is 0 Å². The molecule has 1 heterocycles. The molecule has 0 fully saturated rings. The highest BCUT2D eigenvalue weighted by molar-refractivity contribution is 5.88. The summed E-state index contributed by atoms with van der Waals surface area (Å²) in [6.07, 6.45) is 2.01. The number of rotatable bonds is 3. The highest BCUT2D eigenvalue weighted by atomic mass is 19.1. The molecule has 0 amide bonds. The van der Waals surface area contributed by atoms with Crippen molar-refractivity contribution in [1.29, 1.82) is 0 Å². The predicted octanol–water partition coefficient (Wildman–Crippen LogP) is 3.66. The summed E-state index contributed by atoms with van der Waals surface area (Å²) in [7, 11) is 0. The van der Waals surface area contributed by atoms with Crippen molar-refractivity contribution in [3.63, 3.8) is 0 Å². The molecule has 0 aliphatic carbocycles. The van der Waals surface area contributed by atoms with E-state index in [1.807, 2.05) is 30.3 Å². The van der Waals surface area contributed by atoms with E-state index in [0.29, 0.717) is 12.0 Å². The van der Waals surface area contributed by atoms with E-state index < -0.39 is 11.8 Å². The molecule has 0 unspecified atom stereocenters. The third-order valence-corrected chi connectivity index (χ3v) is 3.43. The highest BCUT2D eigenvalue weighted by Crippen LogP contribution is 2.22. The number of fused-ring (bicyclic) bond motifs is 1. The van der Waals surface area contributed by atoms with Crippen molar-refractivity contribution in [2.75, 3.05) is 0 Å². The van der Waals surface area contributed by atoms with E-state index in [2.05, 4.69) is 4.98 Å². The van der Waals surface area contributed by atoms with Gasteiger partial charge in [0.2, 0.25) is 0 Å². The number of pyridine rings is 1. The molecule has 104 valence electrons. The number of hydrogen-bond donors (Lipinski definition) is 1.